The van der Waals surface area contributed by atoms with E-state index in [9.17, 15) is 9.90 Å². The molecular formula is C11H11N3O2S. The van der Waals surface area contributed by atoms with Crippen LogP contribution < -0.4 is 0 Å². The van der Waals surface area contributed by atoms with Crippen molar-refractivity contribution in [3.05, 3.63) is 42.2 Å². The minimum Gasteiger partial charge on any atom is -0.480 e. The van der Waals surface area contributed by atoms with Gasteiger partial charge in [0, 0.05) is 7.05 Å². The summed E-state index contributed by atoms with van der Waals surface area (Å²) in [6, 6.07) is 9.09. The van der Waals surface area contributed by atoms with Crippen LogP contribution in [0.25, 0.3) is 0 Å². The zero-order valence-electron chi connectivity index (χ0n) is 9.15. The number of carboxylic acids is 1. The number of hydrogen-bond donors (Lipinski definition) is 1. The van der Waals surface area contributed by atoms with Crippen LogP contribution in [0.15, 0.2) is 41.8 Å². The summed E-state index contributed by atoms with van der Waals surface area (Å²) in [4.78, 5) is 11.3. The van der Waals surface area contributed by atoms with Gasteiger partial charge in [-0.2, -0.15) is 0 Å². The molecule has 2 rings (SSSR count). The fourth-order valence-corrected chi connectivity index (χ4v) is 2.29. The van der Waals surface area contributed by atoms with E-state index in [2.05, 4.69) is 10.2 Å². The molecule has 1 aromatic heterocycles. The molecule has 5 nitrogen and oxygen atoms in total. The third-order valence-corrected chi connectivity index (χ3v) is 3.51. The highest BCUT2D eigenvalue weighted by atomic mass is 32.2. The lowest BCUT2D eigenvalue weighted by atomic mass is 10.1. The lowest BCUT2D eigenvalue weighted by Crippen LogP contribution is -2.08. The summed E-state index contributed by atoms with van der Waals surface area (Å²) >= 11 is 1.17. The molecule has 1 N–H and O–H groups in total. The Hall–Kier alpha value is -1.82. The smallest absolute Gasteiger partial charge is 0.321 e. The van der Waals surface area contributed by atoms with Gasteiger partial charge in [0.15, 0.2) is 5.16 Å². The van der Waals surface area contributed by atoms with Gasteiger partial charge in [-0.25, -0.2) is 0 Å². The Morgan fingerprint density at radius 3 is 2.65 bits per heavy atom. The molecule has 0 aliphatic carbocycles. The van der Waals surface area contributed by atoms with E-state index in [0.29, 0.717) is 5.16 Å². The lowest BCUT2D eigenvalue weighted by Gasteiger charge is -2.11. The number of thioether (sulfide) groups is 1. The molecule has 0 fully saturated rings. The van der Waals surface area contributed by atoms with Crippen molar-refractivity contribution in [1.29, 1.82) is 0 Å². The molecule has 0 amide bonds. The van der Waals surface area contributed by atoms with E-state index >= 15 is 0 Å². The summed E-state index contributed by atoms with van der Waals surface area (Å²) in [6.07, 6.45) is 1.55. The molecule has 1 atom stereocenters. The van der Waals surface area contributed by atoms with Crippen molar-refractivity contribution in [1.82, 2.24) is 14.8 Å². The quantitative estimate of drug-likeness (QED) is 0.836. The van der Waals surface area contributed by atoms with E-state index in [0.717, 1.165) is 5.56 Å². The van der Waals surface area contributed by atoms with Gasteiger partial charge in [0.05, 0.1) is 0 Å². The average Bonchev–Trinajstić information content (AvgIpc) is 2.72. The van der Waals surface area contributed by atoms with Crippen LogP contribution in [-0.4, -0.2) is 25.8 Å². The van der Waals surface area contributed by atoms with Gasteiger partial charge >= 0.3 is 5.97 Å². The number of benzene rings is 1. The van der Waals surface area contributed by atoms with E-state index in [-0.39, 0.29) is 0 Å². The van der Waals surface area contributed by atoms with Gasteiger partial charge in [0.1, 0.15) is 11.6 Å². The second kappa shape index (κ2) is 5.01. The van der Waals surface area contributed by atoms with Crippen LogP contribution in [0.2, 0.25) is 0 Å². The Labute approximate surface area is 102 Å². The SMILES string of the molecule is Cn1cnnc1S[C@H](C(=O)O)c1ccccc1. The predicted octanol–water partition coefficient (Wildman–Crippen LogP) is 1.73. The molecule has 0 saturated carbocycles. The van der Waals surface area contributed by atoms with Crippen molar-refractivity contribution in [2.45, 2.75) is 10.4 Å². The summed E-state index contributed by atoms with van der Waals surface area (Å²) in [7, 11) is 1.78. The molecule has 0 spiro atoms. The third-order valence-electron chi connectivity index (χ3n) is 2.22. The number of aromatic nitrogens is 3. The molecule has 88 valence electrons. The minimum atomic E-state index is -0.885. The van der Waals surface area contributed by atoms with Crippen LogP contribution in [0.4, 0.5) is 0 Å². The molecule has 0 radical (unpaired) electrons. The van der Waals surface area contributed by atoms with Crippen molar-refractivity contribution in [3.8, 4) is 0 Å². The fourth-order valence-electron chi connectivity index (χ4n) is 1.37. The molecule has 17 heavy (non-hydrogen) atoms. The molecule has 1 aromatic carbocycles. The van der Waals surface area contributed by atoms with Gasteiger partial charge in [-0.15, -0.1) is 10.2 Å². The Balaban J connectivity index is 2.26. The Morgan fingerprint density at radius 2 is 2.12 bits per heavy atom. The normalized spacial score (nSPS) is 12.3. The Bertz CT molecular complexity index is 512. The maximum absolute atomic E-state index is 11.3. The molecule has 0 bridgehead atoms. The standard InChI is InChI=1S/C11H11N3O2S/c1-14-7-12-13-11(14)17-9(10(15)16)8-5-3-2-4-6-8/h2-7,9H,1H3,(H,15,16)/t9-/m0/s1. The van der Waals surface area contributed by atoms with E-state index in [4.69, 9.17) is 0 Å². The average molecular weight is 249 g/mol. The van der Waals surface area contributed by atoms with Crippen LogP contribution in [0.1, 0.15) is 10.8 Å². The highest BCUT2D eigenvalue weighted by Gasteiger charge is 2.23. The van der Waals surface area contributed by atoms with Crippen molar-refractivity contribution in [2.24, 2.45) is 7.05 Å². The van der Waals surface area contributed by atoms with Gasteiger partial charge in [0.2, 0.25) is 0 Å². The zero-order chi connectivity index (χ0) is 12.3. The minimum absolute atomic E-state index is 0.584. The van der Waals surface area contributed by atoms with Crippen LogP contribution in [0.3, 0.4) is 0 Å². The first kappa shape index (κ1) is 11.7. The second-order valence-electron chi connectivity index (χ2n) is 3.47. The molecule has 0 saturated heterocycles. The lowest BCUT2D eigenvalue weighted by molar-refractivity contribution is -0.136. The monoisotopic (exact) mass is 249 g/mol. The largest absolute Gasteiger partial charge is 0.480 e. The van der Waals surface area contributed by atoms with Crippen molar-refractivity contribution < 1.29 is 9.90 Å². The predicted molar refractivity (Wildman–Crippen MR) is 63.7 cm³/mol. The van der Waals surface area contributed by atoms with E-state index in [1.165, 1.54) is 11.8 Å². The molecular weight excluding hydrogens is 238 g/mol. The summed E-state index contributed by atoms with van der Waals surface area (Å²) < 4.78 is 1.70. The van der Waals surface area contributed by atoms with Gasteiger partial charge in [-0.1, -0.05) is 42.1 Å². The Morgan fingerprint density at radius 1 is 1.41 bits per heavy atom. The fraction of sp³-hybridized carbons (Fsp3) is 0.182. The van der Waals surface area contributed by atoms with E-state index in [1.54, 1.807) is 30.1 Å². The van der Waals surface area contributed by atoms with E-state index < -0.39 is 11.2 Å². The summed E-state index contributed by atoms with van der Waals surface area (Å²) in [6.45, 7) is 0. The van der Waals surface area contributed by atoms with Crippen molar-refractivity contribution >= 4 is 17.7 Å². The molecule has 1 heterocycles. The molecule has 2 aromatic rings. The topological polar surface area (TPSA) is 68.0 Å². The molecule has 0 unspecified atom stereocenters. The van der Waals surface area contributed by atoms with E-state index in [1.807, 2.05) is 18.2 Å². The first-order valence-corrected chi connectivity index (χ1v) is 5.85. The second-order valence-corrected chi connectivity index (χ2v) is 4.54. The number of aryl methyl sites for hydroxylation is 1. The van der Waals surface area contributed by atoms with Gasteiger partial charge < -0.3 is 9.67 Å². The first-order chi connectivity index (χ1) is 8.18. The van der Waals surface area contributed by atoms with Crippen LogP contribution in [0.5, 0.6) is 0 Å². The maximum Gasteiger partial charge on any atom is 0.321 e. The van der Waals surface area contributed by atoms with Crippen molar-refractivity contribution in [3.63, 3.8) is 0 Å². The van der Waals surface area contributed by atoms with Crippen LogP contribution >= 0.6 is 11.8 Å². The molecule has 6 heteroatoms. The summed E-state index contributed by atoms with van der Waals surface area (Å²) in [5.41, 5.74) is 0.744. The maximum atomic E-state index is 11.3. The molecule has 0 aliphatic heterocycles. The zero-order valence-corrected chi connectivity index (χ0v) is 9.96. The number of hydrogen-bond acceptors (Lipinski definition) is 4. The van der Waals surface area contributed by atoms with Gasteiger partial charge in [0.25, 0.3) is 0 Å². The number of rotatable bonds is 4. The van der Waals surface area contributed by atoms with Crippen LogP contribution in [-0.2, 0) is 11.8 Å². The first-order valence-electron chi connectivity index (χ1n) is 4.97. The highest BCUT2D eigenvalue weighted by Crippen LogP contribution is 2.33. The number of nitrogens with zero attached hydrogens (tertiary/aromatic N) is 3. The summed E-state index contributed by atoms with van der Waals surface area (Å²) in [5, 5.41) is 16.8. The summed E-state index contributed by atoms with van der Waals surface area (Å²) in [5.74, 6) is -0.885. The van der Waals surface area contributed by atoms with Crippen molar-refractivity contribution in [2.75, 3.05) is 0 Å². The number of carbonyl (C=O) groups is 1. The molecule has 0 aliphatic rings. The van der Waals surface area contributed by atoms with Gasteiger partial charge in [-0.3, -0.25) is 4.79 Å². The van der Waals surface area contributed by atoms with Gasteiger partial charge in [-0.05, 0) is 5.56 Å². The Kier molecular flexibility index (Phi) is 3.43. The van der Waals surface area contributed by atoms with Crippen LogP contribution in [0, 0.1) is 0 Å². The highest BCUT2D eigenvalue weighted by molar-refractivity contribution is 8.00. The third kappa shape index (κ3) is 2.65. The number of carboxylic acid groups (broad SMARTS) is 1. The number of aliphatic carboxylic acids is 1.